The zero-order chi connectivity index (χ0) is 11.0. The Labute approximate surface area is 89.7 Å². The van der Waals surface area contributed by atoms with Crippen molar-refractivity contribution in [1.82, 2.24) is 4.57 Å². The maximum Gasteiger partial charge on any atom is 0.307 e. The fraction of sp³-hybridized carbons (Fsp3) is 0.444. The Balaban J connectivity index is 2.13. The number of hydrogen-bond acceptors (Lipinski definition) is 3. The average molecular weight is 226 g/mol. The Morgan fingerprint density at radius 1 is 1.60 bits per heavy atom. The SMILES string of the molecule is Cn1ccsc1=NC(=O)[C@H]1C[C@H]1C(=O)O. The lowest BCUT2D eigenvalue weighted by Crippen LogP contribution is -2.14. The number of thiazole rings is 1. The van der Waals surface area contributed by atoms with Crippen molar-refractivity contribution in [2.75, 3.05) is 0 Å². The highest BCUT2D eigenvalue weighted by Crippen LogP contribution is 2.39. The lowest BCUT2D eigenvalue weighted by Gasteiger charge is -1.90. The third-order valence-electron chi connectivity index (χ3n) is 2.39. The van der Waals surface area contributed by atoms with Gasteiger partial charge in [0.2, 0.25) is 0 Å². The molecule has 0 saturated heterocycles. The van der Waals surface area contributed by atoms with Crippen molar-refractivity contribution in [2.45, 2.75) is 6.42 Å². The lowest BCUT2D eigenvalue weighted by atomic mass is 10.3. The van der Waals surface area contributed by atoms with Gasteiger partial charge in [0.1, 0.15) is 0 Å². The van der Waals surface area contributed by atoms with Crippen LogP contribution in [0.3, 0.4) is 0 Å². The van der Waals surface area contributed by atoms with E-state index in [0.717, 1.165) is 0 Å². The highest BCUT2D eigenvalue weighted by Gasteiger charge is 2.48. The normalized spacial score (nSPS) is 25.3. The Kier molecular flexibility index (Phi) is 2.44. The van der Waals surface area contributed by atoms with E-state index in [2.05, 4.69) is 4.99 Å². The number of aryl methyl sites for hydroxylation is 1. The average Bonchev–Trinajstić information content (AvgIpc) is 2.88. The van der Waals surface area contributed by atoms with Crippen molar-refractivity contribution in [3.8, 4) is 0 Å². The van der Waals surface area contributed by atoms with E-state index in [-0.39, 0.29) is 5.91 Å². The molecule has 6 heteroatoms. The number of carboxylic acid groups (broad SMARTS) is 1. The first-order valence-corrected chi connectivity index (χ1v) is 5.39. The van der Waals surface area contributed by atoms with E-state index in [9.17, 15) is 9.59 Å². The monoisotopic (exact) mass is 226 g/mol. The summed E-state index contributed by atoms with van der Waals surface area (Å²) in [4.78, 5) is 26.6. The summed E-state index contributed by atoms with van der Waals surface area (Å²) in [6, 6.07) is 0. The molecule has 1 fully saturated rings. The molecule has 1 aromatic rings. The fourth-order valence-electron chi connectivity index (χ4n) is 1.35. The van der Waals surface area contributed by atoms with Gasteiger partial charge in [0.15, 0.2) is 4.80 Å². The van der Waals surface area contributed by atoms with E-state index in [1.165, 1.54) is 11.3 Å². The van der Waals surface area contributed by atoms with Gasteiger partial charge in [-0.15, -0.1) is 11.3 Å². The maximum absolute atomic E-state index is 11.5. The van der Waals surface area contributed by atoms with Crippen LogP contribution >= 0.6 is 11.3 Å². The van der Waals surface area contributed by atoms with E-state index in [0.29, 0.717) is 11.2 Å². The van der Waals surface area contributed by atoms with Gasteiger partial charge in [-0.3, -0.25) is 9.59 Å². The van der Waals surface area contributed by atoms with Crippen LogP contribution in [0, 0.1) is 11.8 Å². The highest BCUT2D eigenvalue weighted by atomic mass is 32.1. The number of amides is 1. The number of carboxylic acids is 1. The second-order valence-corrected chi connectivity index (χ2v) is 4.41. The summed E-state index contributed by atoms with van der Waals surface area (Å²) in [5.74, 6) is -2.16. The summed E-state index contributed by atoms with van der Waals surface area (Å²) in [6.45, 7) is 0. The molecule has 5 nitrogen and oxygen atoms in total. The smallest absolute Gasteiger partial charge is 0.307 e. The van der Waals surface area contributed by atoms with Crippen LogP contribution in [0.2, 0.25) is 0 Å². The Bertz CT molecular complexity index is 474. The fourth-order valence-corrected chi connectivity index (χ4v) is 2.09. The molecule has 1 N–H and O–H groups in total. The Morgan fingerprint density at radius 2 is 2.33 bits per heavy atom. The summed E-state index contributed by atoms with van der Waals surface area (Å²) in [7, 11) is 1.80. The van der Waals surface area contributed by atoms with Crippen molar-refractivity contribution in [3.05, 3.63) is 16.4 Å². The predicted molar refractivity (Wildman–Crippen MR) is 53.1 cm³/mol. The van der Waals surface area contributed by atoms with Gasteiger partial charge in [0.25, 0.3) is 5.91 Å². The molecule has 0 bridgehead atoms. The molecule has 1 saturated carbocycles. The zero-order valence-electron chi connectivity index (χ0n) is 8.08. The van der Waals surface area contributed by atoms with Crippen LogP contribution < -0.4 is 4.80 Å². The van der Waals surface area contributed by atoms with E-state index in [1.807, 2.05) is 5.38 Å². The number of aromatic nitrogens is 1. The van der Waals surface area contributed by atoms with E-state index in [4.69, 9.17) is 5.11 Å². The third-order valence-corrected chi connectivity index (χ3v) is 3.24. The summed E-state index contributed by atoms with van der Waals surface area (Å²) >= 11 is 1.36. The summed E-state index contributed by atoms with van der Waals surface area (Å²) in [5.41, 5.74) is 0. The van der Waals surface area contributed by atoms with Crippen LogP contribution in [-0.2, 0) is 16.6 Å². The molecule has 1 aliphatic rings. The second kappa shape index (κ2) is 3.62. The standard InChI is InChI=1S/C9H10N2O3S/c1-11-2-3-15-9(11)10-7(12)5-4-6(5)8(13)14/h2-3,5-6H,4H2,1H3,(H,13,14)/t5-,6+/m0/s1. The number of rotatable bonds is 2. The van der Waals surface area contributed by atoms with Gasteiger partial charge in [-0.1, -0.05) is 0 Å². The molecule has 1 heterocycles. The molecule has 1 aromatic heterocycles. The molecule has 0 radical (unpaired) electrons. The summed E-state index contributed by atoms with van der Waals surface area (Å²) in [6.07, 6.45) is 2.23. The molecule has 2 atom stereocenters. The number of carbonyl (C=O) groups is 2. The van der Waals surface area contributed by atoms with Crippen molar-refractivity contribution < 1.29 is 14.7 Å². The van der Waals surface area contributed by atoms with Gasteiger partial charge < -0.3 is 9.67 Å². The molecule has 0 aliphatic heterocycles. The minimum atomic E-state index is -0.904. The largest absolute Gasteiger partial charge is 0.481 e. The van der Waals surface area contributed by atoms with Crippen LogP contribution in [0.15, 0.2) is 16.6 Å². The first-order chi connectivity index (χ1) is 7.09. The van der Waals surface area contributed by atoms with Crippen molar-refractivity contribution in [3.63, 3.8) is 0 Å². The van der Waals surface area contributed by atoms with Crippen LogP contribution in [-0.4, -0.2) is 21.6 Å². The van der Waals surface area contributed by atoms with E-state index in [1.54, 1.807) is 17.8 Å². The van der Waals surface area contributed by atoms with Crippen LogP contribution in [0.5, 0.6) is 0 Å². The predicted octanol–water partition coefficient (Wildman–Crippen LogP) is 0.235. The van der Waals surface area contributed by atoms with Gasteiger partial charge in [0, 0.05) is 18.6 Å². The van der Waals surface area contributed by atoms with Crippen LogP contribution in [0.1, 0.15) is 6.42 Å². The van der Waals surface area contributed by atoms with Gasteiger partial charge in [-0.05, 0) is 6.42 Å². The molecule has 0 unspecified atom stereocenters. The molecule has 1 amide bonds. The highest BCUT2D eigenvalue weighted by molar-refractivity contribution is 7.07. The topological polar surface area (TPSA) is 71.7 Å². The second-order valence-electron chi connectivity index (χ2n) is 3.53. The molecular formula is C9H10N2O3S. The zero-order valence-corrected chi connectivity index (χ0v) is 8.90. The molecule has 0 spiro atoms. The first-order valence-electron chi connectivity index (χ1n) is 4.51. The molecule has 80 valence electrons. The number of nitrogens with zero attached hydrogens (tertiary/aromatic N) is 2. The molecule has 15 heavy (non-hydrogen) atoms. The molecule has 2 rings (SSSR count). The van der Waals surface area contributed by atoms with Gasteiger partial charge in [0.05, 0.1) is 11.8 Å². The minimum absolute atomic E-state index is 0.319. The minimum Gasteiger partial charge on any atom is -0.481 e. The van der Waals surface area contributed by atoms with Crippen LogP contribution in [0.4, 0.5) is 0 Å². The van der Waals surface area contributed by atoms with E-state index >= 15 is 0 Å². The third kappa shape index (κ3) is 1.99. The van der Waals surface area contributed by atoms with Crippen molar-refractivity contribution >= 4 is 23.2 Å². The maximum atomic E-state index is 11.5. The van der Waals surface area contributed by atoms with Crippen LogP contribution in [0.25, 0.3) is 0 Å². The first kappa shape index (κ1) is 10.1. The van der Waals surface area contributed by atoms with Gasteiger partial charge in [-0.2, -0.15) is 4.99 Å². The summed E-state index contributed by atoms with van der Waals surface area (Å²) < 4.78 is 1.74. The van der Waals surface area contributed by atoms with Gasteiger partial charge >= 0.3 is 5.97 Å². The number of hydrogen-bond donors (Lipinski definition) is 1. The Morgan fingerprint density at radius 3 is 2.80 bits per heavy atom. The van der Waals surface area contributed by atoms with Gasteiger partial charge in [-0.25, -0.2) is 0 Å². The molecule has 0 aromatic carbocycles. The van der Waals surface area contributed by atoms with Crippen molar-refractivity contribution in [2.24, 2.45) is 23.9 Å². The van der Waals surface area contributed by atoms with Crippen molar-refractivity contribution in [1.29, 1.82) is 0 Å². The lowest BCUT2D eigenvalue weighted by molar-refractivity contribution is -0.139. The number of carbonyl (C=O) groups excluding carboxylic acids is 1. The quantitative estimate of drug-likeness (QED) is 0.785. The molecule has 1 aliphatic carbocycles. The number of aliphatic carboxylic acids is 1. The Hall–Kier alpha value is -1.43. The van der Waals surface area contributed by atoms with E-state index < -0.39 is 17.8 Å². The molecular weight excluding hydrogens is 216 g/mol. The summed E-state index contributed by atoms with van der Waals surface area (Å²) in [5, 5.41) is 10.5.